The number of hydrogen-bond acceptors (Lipinski definition) is 3. The van der Waals surface area contributed by atoms with Crippen molar-refractivity contribution < 1.29 is 27.9 Å². The smallest absolute Gasteiger partial charge is 0.417 e. The van der Waals surface area contributed by atoms with Crippen LogP contribution in [0.3, 0.4) is 0 Å². The van der Waals surface area contributed by atoms with Crippen molar-refractivity contribution >= 4 is 17.7 Å². The van der Waals surface area contributed by atoms with Crippen molar-refractivity contribution in [2.45, 2.75) is 31.5 Å². The molecule has 1 atom stereocenters. The van der Waals surface area contributed by atoms with Crippen molar-refractivity contribution in [2.75, 3.05) is 5.32 Å². The summed E-state index contributed by atoms with van der Waals surface area (Å²) in [5.74, 6) is -1.05. The number of amides is 2. The summed E-state index contributed by atoms with van der Waals surface area (Å²) in [4.78, 5) is 36.6. The number of hydrogen-bond donors (Lipinski definition) is 4. The highest BCUT2D eigenvalue weighted by Gasteiger charge is 2.31. The average molecular weight is 397 g/mol. The minimum atomic E-state index is -4.69. The van der Waals surface area contributed by atoms with Crippen LogP contribution in [0.2, 0.25) is 0 Å². The predicted molar refractivity (Wildman–Crippen MR) is 95.0 cm³/mol. The number of nitrogens with one attached hydrogen (secondary N) is 3. The standard InChI is InChI=1S/C18H18F3N3O4/c19-18(20,21)12-9-14(16(27)22-10-12)24-17(28)23-13(6-7-15(25)26)8-11-4-2-1-3-5-11/h1-5,9-10,13H,6-8H2,(H,22,27)(H,25,26)(H2,23,24,28). The highest BCUT2D eigenvalue weighted by Crippen LogP contribution is 2.29. The molecular formula is C18H18F3N3O4. The van der Waals surface area contributed by atoms with Crippen LogP contribution in [0.1, 0.15) is 24.0 Å². The Morgan fingerprint density at radius 1 is 1.18 bits per heavy atom. The number of anilines is 1. The fraction of sp³-hybridized carbons (Fsp3) is 0.278. The second-order valence-electron chi connectivity index (χ2n) is 6.05. The first-order chi connectivity index (χ1) is 13.1. The number of benzene rings is 1. The maximum atomic E-state index is 12.8. The summed E-state index contributed by atoms with van der Waals surface area (Å²) < 4.78 is 38.3. The summed E-state index contributed by atoms with van der Waals surface area (Å²) in [5.41, 5.74) is -1.73. The molecule has 1 aromatic heterocycles. The number of rotatable bonds is 7. The van der Waals surface area contributed by atoms with Crippen molar-refractivity contribution in [2.24, 2.45) is 0 Å². The summed E-state index contributed by atoms with van der Waals surface area (Å²) in [7, 11) is 0. The number of pyridine rings is 1. The van der Waals surface area contributed by atoms with Crippen LogP contribution in [-0.4, -0.2) is 28.1 Å². The highest BCUT2D eigenvalue weighted by molar-refractivity contribution is 5.89. The first-order valence-electron chi connectivity index (χ1n) is 8.28. The van der Waals surface area contributed by atoms with Gasteiger partial charge in [-0.1, -0.05) is 30.3 Å². The lowest BCUT2D eigenvalue weighted by molar-refractivity contribution is -0.138. The molecule has 0 bridgehead atoms. The Morgan fingerprint density at radius 2 is 1.86 bits per heavy atom. The van der Waals surface area contributed by atoms with Crippen LogP contribution in [0.25, 0.3) is 0 Å². The molecule has 0 fully saturated rings. The Balaban J connectivity index is 2.10. The van der Waals surface area contributed by atoms with Gasteiger partial charge in [0.25, 0.3) is 5.56 Å². The maximum Gasteiger partial charge on any atom is 0.417 e. The third-order valence-electron chi connectivity index (χ3n) is 3.85. The van der Waals surface area contributed by atoms with E-state index in [2.05, 4.69) is 10.6 Å². The molecule has 4 N–H and O–H groups in total. The quantitative estimate of drug-likeness (QED) is 0.576. The zero-order valence-electron chi connectivity index (χ0n) is 14.5. The molecule has 10 heteroatoms. The molecule has 0 aliphatic heterocycles. The lowest BCUT2D eigenvalue weighted by atomic mass is 10.0. The minimum absolute atomic E-state index is 0.108. The van der Waals surface area contributed by atoms with Gasteiger partial charge in [-0.05, 0) is 24.5 Å². The Bertz CT molecular complexity index is 882. The summed E-state index contributed by atoms with van der Waals surface area (Å²) in [5, 5.41) is 13.5. The van der Waals surface area contributed by atoms with Gasteiger partial charge < -0.3 is 20.7 Å². The minimum Gasteiger partial charge on any atom is -0.481 e. The average Bonchev–Trinajstić information content (AvgIpc) is 2.61. The Kier molecular flexibility index (Phi) is 6.80. The molecule has 0 spiro atoms. The van der Waals surface area contributed by atoms with Crippen LogP contribution in [-0.2, 0) is 17.4 Å². The number of aromatic nitrogens is 1. The van der Waals surface area contributed by atoms with Gasteiger partial charge in [0.1, 0.15) is 5.69 Å². The molecular weight excluding hydrogens is 379 g/mol. The molecule has 0 aliphatic rings. The Hall–Kier alpha value is -3.30. The summed E-state index contributed by atoms with van der Waals surface area (Å²) in [6.07, 6.45) is -3.95. The van der Waals surface area contributed by atoms with Gasteiger partial charge in [0, 0.05) is 18.7 Å². The van der Waals surface area contributed by atoms with E-state index in [0.717, 1.165) is 5.56 Å². The van der Waals surface area contributed by atoms with Crippen LogP contribution >= 0.6 is 0 Å². The van der Waals surface area contributed by atoms with Crippen molar-refractivity contribution in [3.63, 3.8) is 0 Å². The highest BCUT2D eigenvalue weighted by atomic mass is 19.4. The van der Waals surface area contributed by atoms with Gasteiger partial charge in [-0.3, -0.25) is 9.59 Å². The third kappa shape index (κ3) is 6.45. The van der Waals surface area contributed by atoms with E-state index in [4.69, 9.17) is 5.11 Å². The fourth-order valence-corrected chi connectivity index (χ4v) is 2.51. The van der Waals surface area contributed by atoms with Crippen LogP contribution in [0.15, 0.2) is 47.4 Å². The molecule has 0 aliphatic carbocycles. The molecule has 28 heavy (non-hydrogen) atoms. The SMILES string of the molecule is O=C(O)CCC(Cc1ccccc1)NC(=O)Nc1cc(C(F)(F)F)c[nH]c1=O. The van der Waals surface area contributed by atoms with Crippen molar-refractivity contribution in [1.29, 1.82) is 0 Å². The third-order valence-corrected chi connectivity index (χ3v) is 3.85. The number of halogens is 3. The van der Waals surface area contributed by atoms with E-state index in [9.17, 15) is 27.6 Å². The number of carboxylic acid groups (broad SMARTS) is 1. The number of urea groups is 1. The van der Waals surface area contributed by atoms with Gasteiger partial charge in [-0.15, -0.1) is 0 Å². The summed E-state index contributed by atoms with van der Waals surface area (Å²) in [6.45, 7) is 0. The van der Waals surface area contributed by atoms with E-state index < -0.39 is 41.0 Å². The maximum absolute atomic E-state index is 12.8. The molecule has 1 aromatic carbocycles. The van der Waals surface area contributed by atoms with Crippen molar-refractivity contribution in [3.8, 4) is 0 Å². The molecule has 2 amide bonds. The molecule has 7 nitrogen and oxygen atoms in total. The van der Waals surface area contributed by atoms with Gasteiger partial charge >= 0.3 is 18.2 Å². The lowest BCUT2D eigenvalue weighted by Gasteiger charge is -2.19. The van der Waals surface area contributed by atoms with Crippen LogP contribution in [0.4, 0.5) is 23.7 Å². The van der Waals surface area contributed by atoms with Gasteiger partial charge in [-0.2, -0.15) is 13.2 Å². The van der Waals surface area contributed by atoms with E-state index in [1.54, 1.807) is 30.3 Å². The predicted octanol–water partition coefficient (Wildman–Crippen LogP) is 2.99. The van der Waals surface area contributed by atoms with Gasteiger partial charge in [-0.25, -0.2) is 4.79 Å². The normalized spacial score (nSPS) is 12.2. The Morgan fingerprint density at radius 3 is 2.46 bits per heavy atom. The number of aromatic amines is 1. The van der Waals surface area contributed by atoms with Crippen LogP contribution in [0, 0.1) is 0 Å². The molecule has 1 heterocycles. The van der Waals surface area contributed by atoms with E-state index in [-0.39, 0.29) is 12.8 Å². The molecule has 2 aromatic rings. The van der Waals surface area contributed by atoms with E-state index >= 15 is 0 Å². The molecule has 1 unspecified atom stereocenters. The largest absolute Gasteiger partial charge is 0.481 e. The number of aliphatic carboxylic acids is 1. The molecule has 150 valence electrons. The second-order valence-corrected chi connectivity index (χ2v) is 6.05. The zero-order chi connectivity index (χ0) is 20.7. The number of carboxylic acids is 1. The number of carbonyl (C=O) groups is 2. The number of H-pyrrole nitrogens is 1. The van der Waals surface area contributed by atoms with E-state index in [1.807, 2.05) is 4.98 Å². The topological polar surface area (TPSA) is 111 Å². The first kappa shape index (κ1) is 21.0. The van der Waals surface area contributed by atoms with Crippen molar-refractivity contribution in [3.05, 3.63) is 64.1 Å². The number of alkyl halides is 3. The molecule has 0 saturated carbocycles. The van der Waals surface area contributed by atoms with Gasteiger partial charge in [0.2, 0.25) is 0 Å². The van der Waals surface area contributed by atoms with Crippen molar-refractivity contribution in [1.82, 2.24) is 10.3 Å². The van der Waals surface area contributed by atoms with E-state index in [1.165, 1.54) is 0 Å². The molecule has 0 saturated heterocycles. The zero-order valence-corrected chi connectivity index (χ0v) is 14.5. The van der Waals surface area contributed by atoms with Crippen LogP contribution in [0.5, 0.6) is 0 Å². The number of carbonyl (C=O) groups excluding carboxylic acids is 1. The summed E-state index contributed by atoms with van der Waals surface area (Å²) in [6, 6.07) is 7.99. The first-order valence-corrected chi connectivity index (χ1v) is 8.28. The fourth-order valence-electron chi connectivity index (χ4n) is 2.51. The monoisotopic (exact) mass is 397 g/mol. The second kappa shape index (κ2) is 9.07. The lowest BCUT2D eigenvalue weighted by Crippen LogP contribution is -2.40. The molecule has 0 radical (unpaired) electrons. The van der Waals surface area contributed by atoms with E-state index in [0.29, 0.717) is 18.7 Å². The Labute approximate surface area is 157 Å². The van der Waals surface area contributed by atoms with Gasteiger partial charge in [0.15, 0.2) is 0 Å². The van der Waals surface area contributed by atoms with Crippen LogP contribution < -0.4 is 16.2 Å². The summed E-state index contributed by atoms with van der Waals surface area (Å²) >= 11 is 0. The molecule has 2 rings (SSSR count). The van der Waals surface area contributed by atoms with Gasteiger partial charge in [0.05, 0.1) is 5.56 Å².